The van der Waals surface area contributed by atoms with E-state index in [0.717, 1.165) is 28.0 Å². The summed E-state index contributed by atoms with van der Waals surface area (Å²) in [5.41, 5.74) is 4.40. The van der Waals surface area contributed by atoms with Gasteiger partial charge in [-0.2, -0.15) is 0 Å². The first kappa shape index (κ1) is 30.7. The van der Waals surface area contributed by atoms with Crippen molar-refractivity contribution in [1.29, 1.82) is 0 Å². The Morgan fingerprint density at radius 1 is 0.667 bits per heavy atom. The van der Waals surface area contributed by atoms with E-state index in [2.05, 4.69) is 29.2 Å². The second-order valence-corrected chi connectivity index (χ2v) is 11.1. The van der Waals surface area contributed by atoms with Crippen LogP contribution in [0.4, 0.5) is 0 Å². The van der Waals surface area contributed by atoms with E-state index in [1.165, 1.54) is 7.11 Å². The van der Waals surface area contributed by atoms with E-state index in [-0.39, 0.29) is 24.1 Å². The summed E-state index contributed by atoms with van der Waals surface area (Å²) in [5.74, 6) is -0.0274. The molecule has 5 heteroatoms. The number of hydrogen-bond acceptors (Lipinski definition) is 5. The zero-order valence-electron chi connectivity index (χ0n) is 24.8. The van der Waals surface area contributed by atoms with Gasteiger partial charge in [-0.15, -0.1) is 0 Å². The summed E-state index contributed by atoms with van der Waals surface area (Å²) in [5, 5.41) is 0. The van der Waals surface area contributed by atoms with Crippen molar-refractivity contribution in [2.24, 2.45) is 11.8 Å². The van der Waals surface area contributed by atoms with Crippen molar-refractivity contribution >= 4 is 11.8 Å². The van der Waals surface area contributed by atoms with Gasteiger partial charge >= 0.3 is 5.97 Å². The first-order chi connectivity index (χ1) is 20.4. The average molecular weight is 564 g/mol. The minimum atomic E-state index is -0.492. The molecule has 0 fully saturated rings. The van der Waals surface area contributed by atoms with Crippen LogP contribution in [0.25, 0.3) is 0 Å². The number of rotatable bonds is 15. The van der Waals surface area contributed by atoms with Crippen LogP contribution in [0.1, 0.15) is 42.5 Å². The molecule has 4 rings (SSSR count). The van der Waals surface area contributed by atoms with Gasteiger partial charge < -0.3 is 9.47 Å². The Bertz CT molecular complexity index is 1330. The number of ether oxygens (including phenoxy) is 2. The minimum absolute atomic E-state index is 0.0141. The van der Waals surface area contributed by atoms with Crippen molar-refractivity contribution in [1.82, 2.24) is 4.90 Å². The number of ketones is 1. The first-order valence-electron chi connectivity index (χ1n) is 14.6. The Kier molecular flexibility index (Phi) is 11.5. The van der Waals surface area contributed by atoms with Gasteiger partial charge in [-0.1, -0.05) is 117 Å². The molecule has 218 valence electrons. The van der Waals surface area contributed by atoms with Gasteiger partial charge in [0, 0.05) is 19.5 Å². The number of methoxy groups -OCH3 is 1. The Labute approximate surface area is 250 Å². The zero-order valence-corrected chi connectivity index (χ0v) is 24.8. The quantitative estimate of drug-likeness (QED) is 0.142. The highest BCUT2D eigenvalue weighted by Crippen LogP contribution is 2.25. The van der Waals surface area contributed by atoms with Gasteiger partial charge in [-0.3, -0.25) is 14.5 Å². The maximum Gasteiger partial charge on any atom is 0.309 e. The lowest BCUT2D eigenvalue weighted by Crippen LogP contribution is -2.43. The summed E-state index contributed by atoms with van der Waals surface area (Å²) in [6, 6.07) is 38.0. The van der Waals surface area contributed by atoms with Crippen LogP contribution in [0.2, 0.25) is 0 Å². The maximum atomic E-state index is 14.2. The number of hydrogen-bond donors (Lipinski definition) is 0. The monoisotopic (exact) mass is 563 g/mol. The molecule has 2 atom stereocenters. The third-order valence-electron chi connectivity index (χ3n) is 7.60. The maximum absolute atomic E-state index is 14.2. The highest BCUT2D eigenvalue weighted by molar-refractivity contribution is 5.88. The van der Waals surface area contributed by atoms with Gasteiger partial charge in [0.15, 0.2) is 5.78 Å². The van der Waals surface area contributed by atoms with Crippen LogP contribution in [-0.2, 0) is 40.4 Å². The minimum Gasteiger partial charge on any atom is -0.489 e. The summed E-state index contributed by atoms with van der Waals surface area (Å²) >= 11 is 0. The van der Waals surface area contributed by atoms with E-state index in [4.69, 9.17) is 9.47 Å². The Balaban J connectivity index is 1.60. The molecule has 0 N–H and O–H groups in total. The van der Waals surface area contributed by atoms with Crippen LogP contribution in [0.3, 0.4) is 0 Å². The van der Waals surface area contributed by atoms with Crippen molar-refractivity contribution in [3.63, 3.8) is 0 Å². The van der Waals surface area contributed by atoms with Crippen LogP contribution in [0, 0.1) is 11.8 Å². The molecule has 0 saturated carbocycles. The normalized spacial score (nSPS) is 12.6. The molecule has 0 saturated heterocycles. The first-order valence-corrected chi connectivity index (χ1v) is 14.6. The van der Waals surface area contributed by atoms with Crippen LogP contribution in [0.15, 0.2) is 115 Å². The number of esters is 1. The van der Waals surface area contributed by atoms with Crippen molar-refractivity contribution in [3.05, 3.63) is 138 Å². The molecule has 42 heavy (non-hydrogen) atoms. The zero-order chi connectivity index (χ0) is 29.7. The molecule has 0 aromatic heterocycles. The molecule has 4 aromatic carbocycles. The molecule has 0 bridgehead atoms. The summed E-state index contributed by atoms with van der Waals surface area (Å²) in [4.78, 5) is 29.0. The molecule has 0 spiro atoms. The predicted octanol–water partition coefficient (Wildman–Crippen LogP) is 7.28. The predicted molar refractivity (Wildman–Crippen MR) is 167 cm³/mol. The summed E-state index contributed by atoms with van der Waals surface area (Å²) in [6.45, 7) is 5.63. The molecule has 0 radical (unpaired) electrons. The van der Waals surface area contributed by atoms with Gasteiger partial charge in [0.2, 0.25) is 0 Å². The summed E-state index contributed by atoms with van der Waals surface area (Å²) < 4.78 is 11.1. The number of benzene rings is 4. The fraction of sp³-hybridized carbons (Fsp3) is 0.297. The molecule has 4 aromatic rings. The number of carbonyl (C=O) groups is 2. The highest BCUT2D eigenvalue weighted by Gasteiger charge is 2.32. The summed E-state index contributed by atoms with van der Waals surface area (Å²) in [6.07, 6.45) is 0.650. The molecule has 0 unspecified atom stereocenters. The Hall–Kier alpha value is -4.22. The Morgan fingerprint density at radius 3 is 1.64 bits per heavy atom. The highest BCUT2D eigenvalue weighted by atomic mass is 16.5. The molecule has 5 nitrogen and oxygen atoms in total. The summed E-state index contributed by atoms with van der Waals surface area (Å²) in [7, 11) is 1.39. The van der Waals surface area contributed by atoms with Crippen LogP contribution < -0.4 is 4.74 Å². The van der Waals surface area contributed by atoms with E-state index in [1.54, 1.807) is 0 Å². The van der Waals surface area contributed by atoms with Crippen molar-refractivity contribution in [3.8, 4) is 5.75 Å². The topological polar surface area (TPSA) is 55.8 Å². The SMILES string of the molecule is COC(=O)[C@@H](CC(=O)[C@H](Cc1ccc(OCc2ccccc2)cc1)N(Cc1ccccc1)Cc1ccccc1)C(C)C. The largest absolute Gasteiger partial charge is 0.489 e. The lowest BCUT2D eigenvalue weighted by atomic mass is 9.87. The van der Waals surface area contributed by atoms with E-state index in [0.29, 0.717) is 26.1 Å². The third kappa shape index (κ3) is 9.15. The molecular formula is C37H41NO4. The van der Waals surface area contributed by atoms with Crippen LogP contribution in [0.5, 0.6) is 5.75 Å². The van der Waals surface area contributed by atoms with E-state index < -0.39 is 12.0 Å². The molecule has 0 aliphatic heterocycles. The average Bonchev–Trinajstić information content (AvgIpc) is 3.02. The van der Waals surface area contributed by atoms with E-state index >= 15 is 0 Å². The second kappa shape index (κ2) is 15.7. The fourth-order valence-corrected chi connectivity index (χ4v) is 5.14. The van der Waals surface area contributed by atoms with Gasteiger partial charge in [0.05, 0.1) is 19.1 Å². The third-order valence-corrected chi connectivity index (χ3v) is 7.60. The van der Waals surface area contributed by atoms with Gasteiger partial charge in [-0.25, -0.2) is 0 Å². The Morgan fingerprint density at radius 2 is 1.17 bits per heavy atom. The molecular weight excluding hydrogens is 522 g/mol. The number of carbonyl (C=O) groups excluding carboxylic acids is 2. The number of nitrogens with zero attached hydrogens (tertiary/aromatic N) is 1. The van der Waals surface area contributed by atoms with Crippen molar-refractivity contribution < 1.29 is 19.1 Å². The fourth-order valence-electron chi connectivity index (χ4n) is 5.14. The van der Waals surface area contributed by atoms with Gasteiger partial charge in [-0.05, 0) is 46.7 Å². The molecule has 0 heterocycles. The smallest absolute Gasteiger partial charge is 0.309 e. The van der Waals surface area contributed by atoms with Crippen molar-refractivity contribution in [2.75, 3.05) is 7.11 Å². The van der Waals surface area contributed by atoms with Gasteiger partial charge in [0.25, 0.3) is 0 Å². The van der Waals surface area contributed by atoms with Crippen molar-refractivity contribution in [2.45, 2.75) is 52.4 Å². The second-order valence-electron chi connectivity index (χ2n) is 11.1. The van der Waals surface area contributed by atoms with Gasteiger partial charge in [0.1, 0.15) is 12.4 Å². The lowest BCUT2D eigenvalue weighted by molar-refractivity contribution is -0.149. The van der Waals surface area contributed by atoms with E-state index in [9.17, 15) is 9.59 Å². The van der Waals surface area contributed by atoms with Crippen LogP contribution >= 0.6 is 0 Å². The lowest BCUT2D eigenvalue weighted by Gasteiger charge is -2.32. The van der Waals surface area contributed by atoms with E-state index in [1.807, 2.05) is 105 Å². The molecule has 0 aliphatic carbocycles. The number of Topliss-reactive ketones (excluding diaryl/α,β-unsaturated/α-hetero) is 1. The molecule has 0 amide bonds. The molecule has 0 aliphatic rings. The standard InChI is InChI=1S/C37H41NO4/c1-28(2)34(37(40)41-3)24-36(39)35(23-29-19-21-33(22-20-29)42-27-32-17-11-6-12-18-32)38(25-30-13-7-4-8-14-30)26-31-15-9-5-10-16-31/h4-22,28,34-35H,23-27H2,1-3H3/t34-,35-/m0/s1. The van der Waals surface area contributed by atoms with Crippen LogP contribution in [-0.4, -0.2) is 29.8 Å².